The molecule has 68 valence electrons. The van der Waals surface area contributed by atoms with Gasteiger partial charge in [-0.1, -0.05) is 0 Å². The number of hydrogen-bond donors (Lipinski definition) is 1. The van der Waals surface area contributed by atoms with E-state index in [1.807, 2.05) is 0 Å². The van der Waals surface area contributed by atoms with Gasteiger partial charge in [0.2, 0.25) is 0 Å². The van der Waals surface area contributed by atoms with Crippen LogP contribution >= 0.6 is 0 Å². The third-order valence-electron chi connectivity index (χ3n) is 1.23. The monoisotopic (exact) mass is 171 g/mol. The molecule has 5 nitrogen and oxygen atoms in total. The third-order valence-corrected chi connectivity index (χ3v) is 1.23. The predicted octanol–water partition coefficient (Wildman–Crippen LogP) is -0.0451. The van der Waals surface area contributed by atoms with E-state index in [4.69, 9.17) is 10.6 Å². The van der Waals surface area contributed by atoms with Crippen LogP contribution in [0.5, 0.6) is 0 Å². The van der Waals surface area contributed by atoms with Crippen molar-refractivity contribution in [3.8, 4) is 0 Å². The van der Waals surface area contributed by atoms with Gasteiger partial charge < -0.3 is 10.6 Å². The SMILES string of the molecule is CCOC(=O)C(=N/C)/C(C)=N\N. The summed E-state index contributed by atoms with van der Waals surface area (Å²) < 4.78 is 4.71. The van der Waals surface area contributed by atoms with Gasteiger partial charge in [0.1, 0.15) is 0 Å². The summed E-state index contributed by atoms with van der Waals surface area (Å²) in [4.78, 5) is 14.8. The molecular formula is C7H13N3O2. The Morgan fingerprint density at radius 2 is 2.17 bits per heavy atom. The van der Waals surface area contributed by atoms with Crippen LogP contribution in [-0.4, -0.2) is 31.0 Å². The molecule has 0 bridgehead atoms. The highest BCUT2D eigenvalue weighted by atomic mass is 16.5. The van der Waals surface area contributed by atoms with Gasteiger partial charge >= 0.3 is 5.97 Å². The van der Waals surface area contributed by atoms with E-state index in [2.05, 4.69) is 10.1 Å². The number of hydrogen-bond acceptors (Lipinski definition) is 5. The molecule has 0 heterocycles. The highest BCUT2D eigenvalue weighted by Crippen LogP contribution is 1.88. The van der Waals surface area contributed by atoms with Gasteiger partial charge in [-0.05, 0) is 13.8 Å². The minimum absolute atomic E-state index is 0.166. The number of carbonyl (C=O) groups excluding carboxylic acids is 1. The molecule has 0 saturated carbocycles. The fraction of sp³-hybridized carbons (Fsp3) is 0.571. The lowest BCUT2D eigenvalue weighted by Crippen LogP contribution is -2.25. The molecule has 0 fully saturated rings. The van der Waals surface area contributed by atoms with Gasteiger partial charge in [-0.15, -0.1) is 0 Å². The van der Waals surface area contributed by atoms with E-state index in [9.17, 15) is 4.79 Å². The lowest BCUT2D eigenvalue weighted by atomic mass is 10.2. The van der Waals surface area contributed by atoms with Crippen LogP contribution in [0.15, 0.2) is 10.1 Å². The summed E-state index contributed by atoms with van der Waals surface area (Å²) in [6.07, 6.45) is 0. The molecule has 12 heavy (non-hydrogen) atoms. The molecule has 0 spiro atoms. The van der Waals surface area contributed by atoms with E-state index in [1.165, 1.54) is 7.05 Å². The molecule has 0 aliphatic heterocycles. The molecule has 0 aromatic heterocycles. The van der Waals surface area contributed by atoms with Crippen molar-refractivity contribution in [2.45, 2.75) is 13.8 Å². The van der Waals surface area contributed by atoms with Gasteiger partial charge in [0.25, 0.3) is 0 Å². The van der Waals surface area contributed by atoms with E-state index < -0.39 is 5.97 Å². The number of aliphatic imine (C=N–C) groups is 1. The van der Waals surface area contributed by atoms with Crippen molar-refractivity contribution in [3.05, 3.63) is 0 Å². The maximum atomic E-state index is 11.1. The van der Waals surface area contributed by atoms with Crippen molar-refractivity contribution in [2.75, 3.05) is 13.7 Å². The van der Waals surface area contributed by atoms with E-state index in [1.54, 1.807) is 13.8 Å². The zero-order valence-corrected chi connectivity index (χ0v) is 7.50. The molecule has 5 heteroatoms. The quantitative estimate of drug-likeness (QED) is 0.280. The van der Waals surface area contributed by atoms with Gasteiger partial charge in [0, 0.05) is 7.05 Å². The molecule has 0 aromatic rings. The summed E-state index contributed by atoms with van der Waals surface area (Å²) in [6.45, 7) is 3.63. The first-order valence-corrected chi connectivity index (χ1v) is 3.56. The lowest BCUT2D eigenvalue weighted by Gasteiger charge is -2.02. The number of nitrogens with zero attached hydrogens (tertiary/aromatic N) is 2. The van der Waals surface area contributed by atoms with Crippen molar-refractivity contribution >= 4 is 17.4 Å². The number of hydrazone groups is 1. The second-order valence-corrected chi connectivity index (χ2v) is 2.01. The molecule has 0 saturated heterocycles. The fourth-order valence-corrected chi connectivity index (χ4v) is 0.661. The summed E-state index contributed by atoms with van der Waals surface area (Å²) in [5, 5.41) is 3.35. The van der Waals surface area contributed by atoms with E-state index in [0.29, 0.717) is 12.3 Å². The number of carbonyl (C=O) groups is 1. The highest BCUT2D eigenvalue weighted by Gasteiger charge is 2.14. The molecule has 0 aromatic carbocycles. The van der Waals surface area contributed by atoms with Gasteiger partial charge in [-0.2, -0.15) is 5.10 Å². The van der Waals surface area contributed by atoms with Crippen molar-refractivity contribution in [3.63, 3.8) is 0 Å². The average Bonchev–Trinajstić information content (AvgIpc) is 2.06. The van der Waals surface area contributed by atoms with Crippen molar-refractivity contribution < 1.29 is 9.53 Å². The normalized spacial score (nSPS) is 12.9. The molecule has 0 aliphatic carbocycles. The number of rotatable bonds is 3. The van der Waals surface area contributed by atoms with Gasteiger partial charge in [-0.3, -0.25) is 4.99 Å². The minimum Gasteiger partial charge on any atom is -0.461 e. The second-order valence-electron chi connectivity index (χ2n) is 2.01. The minimum atomic E-state index is -0.494. The Hall–Kier alpha value is -1.39. The standard InChI is InChI=1S/C7H13N3O2/c1-4-12-7(11)6(9-3)5(2)10-8/h4,8H2,1-3H3/b9-6+,10-5-. The summed E-state index contributed by atoms with van der Waals surface area (Å²) in [5.74, 6) is 4.49. The number of nitrogens with two attached hydrogens (primary N) is 1. The Labute approximate surface area is 71.3 Å². The molecule has 0 aliphatic rings. The molecular weight excluding hydrogens is 158 g/mol. The van der Waals surface area contributed by atoms with Crippen LogP contribution in [0.25, 0.3) is 0 Å². The van der Waals surface area contributed by atoms with Crippen LogP contribution in [-0.2, 0) is 9.53 Å². The van der Waals surface area contributed by atoms with Crippen LogP contribution in [0.1, 0.15) is 13.8 Å². The summed E-state index contributed by atoms with van der Waals surface area (Å²) in [5.41, 5.74) is 0.537. The van der Waals surface area contributed by atoms with Gasteiger partial charge in [-0.25, -0.2) is 4.79 Å². The third kappa shape index (κ3) is 2.69. The Balaban J connectivity index is 4.48. The van der Waals surface area contributed by atoms with E-state index in [0.717, 1.165) is 0 Å². The zero-order chi connectivity index (χ0) is 9.56. The van der Waals surface area contributed by atoms with Crippen LogP contribution in [0.4, 0.5) is 0 Å². The Kier molecular flexibility index (Phi) is 4.67. The lowest BCUT2D eigenvalue weighted by molar-refractivity contribution is -0.134. The smallest absolute Gasteiger partial charge is 0.358 e. The second kappa shape index (κ2) is 5.29. The summed E-state index contributed by atoms with van der Waals surface area (Å²) in [6, 6.07) is 0. The Bertz CT molecular complexity index is 221. The summed E-state index contributed by atoms with van der Waals surface area (Å²) in [7, 11) is 1.49. The molecule has 0 rings (SSSR count). The molecule has 0 unspecified atom stereocenters. The number of esters is 1. The van der Waals surface area contributed by atoms with E-state index >= 15 is 0 Å². The molecule has 2 N–H and O–H groups in total. The fourth-order valence-electron chi connectivity index (χ4n) is 0.661. The molecule has 0 amide bonds. The maximum Gasteiger partial charge on any atom is 0.358 e. The maximum absolute atomic E-state index is 11.1. The summed E-state index contributed by atoms with van der Waals surface area (Å²) >= 11 is 0. The topological polar surface area (TPSA) is 77.0 Å². The number of ether oxygens (including phenoxy) is 1. The molecule has 0 radical (unpaired) electrons. The van der Waals surface area contributed by atoms with Crippen molar-refractivity contribution in [1.29, 1.82) is 0 Å². The first kappa shape index (κ1) is 10.6. The van der Waals surface area contributed by atoms with Crippen molar-refractivity contribution in [1.82, 2.24) is 0 Å². The predicted molar refractivity (Wildman–Crippen MR) is 47.3 cm³/mol. The first-order chi connectivity index (χ1) is 5.67. The Morgan fingerprint density at radius 1 is 1.58 bits per heavy atom. The molecule has 0 atom stereocenters. The largest absolute Gasteiger partial charge is 0.461 e. The van der Waals surface area contributed by atoms with Gasteiger partial charge in [0.05, 0.1) is 12.3 Å². The average molecular weight is 171 g/mol. The van der Waals surface area contributed by atoms with Crippen molar-refractivity contribution in [2.24, 2.45) is 15.9 Å². The zero-order valence-electron chi connectivity index (χ0n) is 7.50. The van der Waals surface area contributed by atoms with Crippen LogP contribution in [0.2, 0.25) is 0 Å². The van der Waals surface area contributed by atoms with Crippen LogP contribution in [0, 0.1) is 0 Å². The van der Waals surface area contributed by atoms with Crippen LogP contribution < -0.4 is 5.84 Å². The van der Waals surface area contributed by atoms with Crippen LogP contribution in [0.3, 0.4) is 0 Å². The first-order valence-electron chi connectivity index (χ1n) is 3.56. The van der Waals surface area contributed by atoms with E-state index in [-0.39, 0.29) is 5.71 Å². The Morgan fingerprint density at radius 3 is 2.50 bits per heavy atom. The van der Waals surface area contributed by atoms with Gasteiger partial charge in [0.15, 0.2) is 5.71 Å². The highest BCUT2D eigenvalue weighted by molar-refractivity contribution is 6.65.